The molecule has 0 spiro atoms. The van der Waals surface area contributed by atoms with Crippen LogP contribution in [0.25, 0.3) is 0 Å². The van der Waals surface area contributed by atoms with Crippen molar-refractivity contribution < 1.29 is 32.9 Å². The number of anilines is 1. The number of aromatic hydroxyl groups is 1. The SMILES string of the molecule is C=CCN1C(=O)COc2ccc(C(O)(C(C)c3ccc(O)cc3Cl)C(F)(F)F)cc21. The highest BCUT2D eigenvalue weighted by atomic mass is 35.5. The highest BCUT2D eigenvalue weighted by Crippen LogP contribution is 2.51. The summed E-state index contributed by atoms with van der Waals surface area (Å²) in [5, 5.41) is 20.4. The molecule has 0 radical (unpaired) electrons. The van der Waals surface area contributed by atoms with Gasteiger partial charge in [0, 0.05) is 17.5 Å². The van der Waals surface area contributed by atoms with Crippen molar-refractivity contribution in [2.75, 3.05) is 18.1 Å². The molecule has 160 valence electrons. The zero-order valence-electron chi connectivity index (χ0n) is 15.9. The van der Waals surface area contributed by atoms with Gasteiger partial charge in [0.05, 0.1) is 5.69 Å². The number of phenolic OH excluding ortho intramolecular Hbond substituents is 1. The lowest BCUT2D eigenvalue weighted by Crippen LogP contribution is -2.47. The maximum Gasteiger partial charge on any atom is 0.422 e. The third kappa shape index (κ3) is 3.61. The van der Waals surface area contributed by atoms with Crippen LogP contribution in [-0.4, -0.2) is 35.4 Å². The van der Waals surface area contributed by atoms with Crippen LogP contribution in [0.1, 0.15) is 24.0 Å². The van der Waals surface area contributed by atoms with Crippen LogP contribution >= 0.6 is 11.6 Å². The molecule has 0 saturated carbocycles. The Kier molecular flexibility index (Phi) is 5.75. The fourth-order valence-corrected chi connectivity index (χ4v) is 3.86. The van der Waals surface area contributed by atoms with E-state index in [1.165, 1.54) is 36.1 Å². The number of aliphatic hydroxyl groups is 1. The molecular weight excluding hydrogens is 423 g/mol. The van der Waals surface area contributed by atoms with Crippen molar-refractivity contribution in [2.24, 2.45) is 0 Å². The Morgan fingerprint density at radius 2 is 2.00 bits per heavy atom. The van der Waals surface area contributed by atoms with Crippen molar-refractivity contribution in [1.29, 1.82) is 0 Å². The molecule has 0 fully saturated rings. The number of rotatable bonds is 5. The van der Waals surface area contributed by atoms with E-state index in [4.69, 9.17) is 16.3 Å². The van der Waals surface area contributed by atoms with Crippen molar-refractivity contribution in [2.45, 2.75) is 24.6 Å². The first-order chi connectivity index (χ1) is 14.0. The van der Waals surface area contributed by atoms with E-state index in [0.29, 0.717) is 0 Å². The molecule has 2 aromatic rings. The fraction of sp³-hybridized carbons (Fsp3) is 0.286. The van der Waals surface area contributed by atoms with Gasteiger partial charge in [0.2, 0.25) is 0 Å². The van der Waals surface area contributed by atoms with Gasteiger partial charge in [-0.2, -0.15) is 13.2 Å². The van der Waals surface area contributed by atoms with Crippen LogP contribution in [0.3, 0.4) is 0 Å². The average molecular weight is 442 g/mol. The number of nitrogens with zero attached hydrogens (tertiary/aromatic N) is 1. The van der Waals surface area contributed by atoms with Crippen LogP contribution in [0.4, 0.5) is 18.9 Å². The van der Waals surface area contributed by atoms with E-state index in [0.717, 1.165) is 18.2 Å². The molecule has 1 amide bonds. The number of hydrogen-bond donors (Lipinski definition) is 2. The highest BCUT2D eigenvalue weighted by molar-refractivity contribution is 6.31. The molecule has 30 heavy (non-hydrogen) atoms. The summed E-state index contributed by atoms with van der Waals surface area (Å²) in [4.78, 5) is 13.4. The second kappa shape index (κ2) is 7.85. The molecule has 1 aliphatic rings. The molecule has 0 aliphatic carbocycles. The number of phenols is 1. The van der Waals surface area contributed by atoms with Gasteiger partial charge >= 0.3 is 6.18 Å². The van der Waals surface area contributed by atoms with E-state index in [9.17, 15) is 28.2 Å². The average Bonchev–Trinajstić information content (AvgIpc) is 2.68. The second-order valence-corrected chi connectivity index (χ2v) is 7.36. The summed E-state index contributed by atoms with van der Waals surface area (Å²) >= 11 is 6.04. The number of fused-ring (bicyclic) bond motifs is 1. The minimum Gasteiger partial charge on any atom is -0.508 e. The molecule has 2 aromatic carbocycles. The minimum atomic E-state index is -5.08. The summed E-state index contributed by atoms with van der Waals surface area (Å²) in [6.07, 6.45) is -3.64. The summed E-state index contributed by atoms with van der Waals surface area (Å²) < 4.78 is 48.0. The fourth-order valence-electron chi connectivity index (χ4n) is 3.52. The molecule has 3 rings (SSSR count). The summed E-state index contributed by atoms with van der Waals surface area (Å²) in [5.74, 6) is -1.96. The van der Waals surface area contributed by atoms with E-state index in [2.05, 4.69) is 6.58 Å². The lowest BCUT2D eigenvalue weighted by molar-refractivity contribution is -0.274. The van der Waals surface area contributed by atoms with E-state index in [1.54, 1.807) is 0 Å². The quantitative estimate of drug-likeness (QED) is 0.670. The Morgan fingerprint density at radius 1 is 1.30 bits per heavy atom. The number of carbonyl (C=O) groups is 1. The van der Waals surface area contributed by atoms with Crippen LogP contribution in [0.5, 0.6) is 11.5 Å². The molecule has 2 atom stereocenters. The molecule has 9 heteroatoms. The van der Waals surface area contributed by atoms with Crippen molar-refractivity contribution >= 4 is 23.2 Å². The van der Waals surface area contributed by atoms with Gasteiger partial charge < -0.3 is 19.8 Å². The van der Waals surface area contributed by atoms with Gasteiger partial charge in [0.15, 0.2) is 12.2 Å². The Balaban J connectivity index is 2.17. The Hall–Kier alpha value is -2.71. The molecule has 0 aromatic heterocycles. The minimum absolute atomic E-state index is 0.00212. The van der Waals surface area contributed by atoms with E-state index in [-0.39, 0.29) is 40.9 Å². The number of amides is 1. The van der Waals surface area contributed by atoms with E-state index < -0.39 is 29.2 Å². The summed E-state index contributed by atoms with van der Waals surface area (Å²) in [6.45, 7) is 4.57. The monoisotopic (exact) mass is 441 g/mol. The summed E-state index contributed by atoms with van der Waals surface area (Å²) in [5.41, 5.74) is -3.70. The highest BCUT2D eigenvalue weighted by Gasteiger charge is 2.59. The Labute approximate surface area is 176 Å². The van der Waals surface area contributed by atoms with Crippen molar-refractivity contribution in [3.63, 3.8) is 0 Å². The molecule has 1 heterocycles. The van der Waals surface area contributed by atoms with E-state index in [1.807, 2.05) is 0 Å². The second-order valence-electron chi connectivity index (χ2n) is 6.96. The first kappa shape index (κ1) is 22.0. The predicted octanol–water partition coefficient (Wildman–Crippen LogP) is 4.51. The summed E-state index contributed by atoms with van der Waals surface area (Å²) in [6, 6.07) is 7.02. The van der Waals surface area contributed by atoms with Gasteiger partial charge in [-0.1, -0.05) is 36.7 Å². The molecule has 5 nitrogen and oxygen atoms in total. The van der Waals surface area contributed by atoms with Gasteiger partial charge in [-0.25, -0.2) is 0 Å². The zero-order valence-corrected chi connectivity index (χ0v) is 16.7. The number of halogens is 4. The lowest BCUT2D eigenvalue weighted by Gasteiger charge is -2.38. The molecule has 0 bridgehead atoms. The topological polar surface area (TPSA) is 70.0 Å². The van der Waals surface area contributed by atoms with Crippen LogP contribution in [0.2, 0.25) is 5.02 Å². The Morgan fingerprint density at radius 3 is 2.60 bits per heavy atom. The van der Waals surface area contributed by atoms with Crippen LogP contribution in [0, 0.1) is 0 Å². The predicted molar refractivity (Wildman–Crippen MR) is 106 cm³/mol. The smallest absolute Gasteiger partial charge is 0.422 e. The van der Waals surface area contributed by atoms with Crippen molar-refractivity contribution in [1.82, 2.24) is 0 Å². The normalized spacial score (nSPS) is 17.0. The van der Waals surface area contributed by atoms with Gasteiger partial charge in [0.1, 0.15) is 11.5 Å². The van der Waals surface area contributed by atoms with Gasteiger partial charge in [-0.3, -0.25) is 4.79 Å². The third-order valence-corrected chi connectivity index (χ3v) is 5.49. The molecule has 2 N–H and O–H groups in total. The van der Waals surface area contributed by atoms with Crippen LogP contribution in [0.15, 0.2) is 49.1 Å². The molecular formula is C21H19ClF3NO4. The molecule has 0 saturated heterocycles. The first-order valence-corrected chi connectivity index (χ1v) is 9.34. The van der Waals surface area contributed by atoms with E-state index >= 15 is 0 Å². The maximum atomic E-state index is 14.2. The van der Waals surface area contributed by atoms with Gasteiger partial charge in [-0.05, 0) is 35.4 Å². The number of carbonyl (C=O) groups excluding carboxylic acids is 1. The molecule has 2 unspecified atom stereocenters. The van der Waals surface area contributed by atoms with Crippen molar-refractivity contribution in [3.8, 4) is 11.5 Å². The Bertz CT molecular complexity index is 995. The number of benzene rings is 2. The standard InChI is InChI=1S/C21H19ClF3NO4/c1-3-8-26-17-9-13(4-7-18(17)30-11-19(26)28)20(29,21(23,24)25)12(2)15-6-5-14(27)10-16(15)22/h3-7,9-10,12,27,29H,1,8,11H2,2H3. The van der Waals surface area contributed by atoms with Crippen LogP contribution in [-0.2, 0) is 10.4 Å². The number of hydrogen-bond acceptors (Lipinski definition) is 4. The third-order valence-electron chi connectivity index (χ3n) is 5.16. The molecule has 1 aliphatic heterocycles. The number of alkyl halides is 3. The van der Waals surface area contributed by atoms with Gasteiger partial charge in [-0.15, -0.1) is 6.58 Å². The van der Waals surface area contributed by atoms with Crippen LogP contribution < -0.4 is 9.64 Å². The number of ether oxygens (including phenoxy) is 1. The largest absolute Gasteiger partial charge is 0.508 e. The first-order valence-electron chi connectivity index (χ1n) is 8.96. The zero-order chi connectivity index (χ0) is 22.3. The lowest BCUT2D eigenvalue weighted by atomic mass is 9.77. The van der Waals surface area contributed by atoms with Gasteiger partial charge in [0.25, 0.3) is 5.91 Å². The van der Waals surface area contributed by atoms with Crippen molar-refractivity contribution in [3.05, 3.63) is 65.2 Å². The maximum absolute atomic E-state index is 14.2. The summed E-state index contributed by atoms with van der Waals surface area (Å²) in [7, 11) is 0.